The highest BCUT2D eigenvalue weighted by Gasteiger charge is 2.23. The molecule has 0 bridgehead atoms. The van der Waals surface area contributed by atoms with Crippen molar-refractivity contribution in [1.82, 2.24) is 5.32 Å². The molecule has 0 aliphatic heterocycles. The second-order valence-electron chi connectivity index (χ2n) is 10.0. The average Bonchev–Trinajstić information content (AvgIpc) is 3.09. The Balaban J connectivity index is 1.39. The minimum Gasteiger partial charge on any atom is -0.497 e. The van der Waals surface area contributed by atoms with Crippen molar-refractivity contribution in [1.29, 1.82) is 0 Å². The van der Waals surface area contributed by atoms with Crippen LogP contribution in [0.25, 0.3) is 6.08 Å². The van der Waals surface area contributed by atoms with Crippen LogP contribution in [-0.2, 0) is 9.59 Å². The first kappa shape index (κ1) is 31.7. The quantitative estimate of drug-likeness (QED) is 0.103. The maximum atomic E-state index is 14.3. The number of carbonyl (C=O) groups excluding carboxylic acids is 3. The summed E-state index contributed by atoms with van der Waals surface area (Å²) < 4.78 is 19.6. The van der Waals surface area contributed by atoms with Gasteiger partial charge in [-0.05, 0) is 71.8 Å². The molecular weight excluding hydrogens is 601 g/mol. The Morgan fingerprint density at radius 2 is 1.46 bits per heavy atom. The number of amides is 3. The lowest BCUT2D eigenvalue weighted by atomic mass is 10.1. The molecule has 0 fully saturated rings. The molecule has 5 aromatic rings. The number of methoxy groups -OCH3 is 1. The summed E-state index contributed by atoms with van der Waals surface area (Å²) in [4.78, 5) is 40.8. The SMILES string of the molecule is COc1cccc(/C=C(\NC(=O)c2ccccc2)C(=O)Nc2cccc(SC(C(=O)Nc3ccccc3F)c3ccccc3)c2)c1. The number of hydrogen-bond acceptors (Lipinski definition) is 5. The van der Waals surface area contributed by atoms with Gasteiger partial charge < -0.3 is 20.7 Å². The zero-order valence-corrected chi connectivity index (χ0v) is 25.6. The number of carbonyl (C=O) groups is 3. The number of thioether (sulfide) groups is 1. The summed E-state index contributed by atoms with van der Waals surface area (Å²) in [6.07, 6.45) is 1.57. The van der Waals surface area contributed by atoms with Crippen LogP contribution in [0.5, 0.6) is 5.75 Å². The fraction of sp³-hybridized carbons (Fsp3) is 0.0541. The van der Waals surface area contributed by atoms with Crippen LogP contribution in [0, 0.1) is 5.82 Å². The normalized spacial score (nSPS) is 11.7. The number of benzene rings is 5. The van der Waals surface area contributed by atoms with Gasteiger partial charge in [0.05, 0.1) is 12.8 Å². The number of nitrogens with one attached hydrogen (secondary N) is 3. The van der Waals surface area contributed by atoms with E-state index in [9.17, 15) is 18.8 Å². The molecule has 46 heavy (non-hydrogen) atoms. The lowest BCUT2D eigenvalue weighted by molar-refractivity contribution is -0.116. The van der Waals surface area contributed by atoms with Crippen LogP contribution in [-0.4, -0.2) is 24.8 Å². The predicted molar refractivity (Wildman–Crippen MR) is 180 cm³/mol. The van der Waals surface area contributed by atoms with Crippen LogP contribution in [0.4, 0.5) is 15.8 Å². The molecule has 3 N–H and O–H groups in total. The van der Waals surface area contributed by atoms with Crippen molar-refractivity contribution >= 4 is 46.9 Å². The van der Waals surface area contributed by atoms with Crippen molar-refractivity contribution in [2.45, 2.75) is 10.1 Å². The van der Waals surface area contributed by atoms with Gasteiger partial charge in [0.15, 0.2) is 0 Å². The second kappa shape index (κ2) is 15.4. The van der Waals surface area contributed by atoms with Crippen LogP contribution >= 0.6 is 11.8 Å². The van der Waals surface area contributed by atoms with Crippen molar-refractivity contribution in [3.8, 4) is 5.75 Å². The Hall–Kier alpha value is -5.67. The molecule has 230 valence electrons. The minimum absolute atomic E-state index is 0.0200. The molecule has 0 heterocycles. The number of ether oxygens (including phenoxy) is 1. The Bertz CT molecular complexity index is 1870. The van der Waals surface area contributed by atoms with Gasteiger partial charge in [-0.15, -0.1) is 11.8 Å². The average molecular weight is 632 g/mol. The van der Waals surface area contributed by atoms with E-state index in [4.69, 9.17) is 4.74 Å². The van der Waals surface area contributed by atoms with E-state index in [1.807, 2.05) is 36.4 Å². The van der Waals surface area contributed by atoms with Gasteiger partial charge in [-0.25, -0.2) is 4.39 Å². The maximum Gasteiger partial charge on any atom is 0.272 e. The molecule has 0 radical (unpaired) electrons. The van der Waals surface area contributed by atoms with Crippen LogP contribution in [0.1, 0.15) is 26.7 Å². The molecule has 0 aliphatic rings. The van der Waals surface area contributed by atoms with Crippen molar-refractivity contribution in [3.05, 3.63) is 162 Å². The number of rotatable bonds is 11. The third-order valence-electron chi connectivity index (χ3n) is 6.75. The van der Waals surface area contributed by atoms with Crippen LogP contribution < -0.4 is 20.7 Å². The number of halogens is 1. The molecule has 5 aromatic carbocycles. The largest absolute Gasteiger partial charge is 0.497 e. The number of hydrogen-bond donors (Lipinski definition) is 3. The van der Waals surface area contributed by atoms with Crippen LogP contribution in [0.2, 0.25) is 0 Å². The molecule has 1 atom stereocenters. The highest BCUT2D eigenvalue weighted by atomic mass is 32.2. The molecular formula is C37H30FN3O4S. The van der Waals surface area contributed by atoms with E-state index in [0.29, 0.717) is 27.5 Å². The lowest BCUT2D eigenvalue weighted by Gasteiger charge is -2.18. The standard InChI is InChI=1S/C37H30FN3O4S/c1-45-29-18-10-12-25(22-29)23-33(41-35(42)27-15-6-3-7-16-27)36(43)39-28-17-11-19-30(24-28)46-34(26-13-4-2-5-14-26)37(44)40-32-21-9-8-20-31(32)38/h2-24,34H,1H3,(H,39,43)(H,40,44)(H,41,42)/b33-23-. The smallest absolute Gasteiger partial charge is 0.272 e. The highest BCUT2D eigenvalue weighted by molar-refractivity contribution is 8.00. The van der Waals surface area contributed by atoms with Crippen LogP contribution in [0.3, 0.4) is 0 Å². The van der Waals surface area contributed by atoms with Gasteiger partial charge in [0.2, 0.25) is 5.91 Å². The summed E-state index contributed by atoms with van der Waals surface area (Å²) in [7, 11) is 1.55. The topological polar surface area (TPSA) is 96.5 Å². The molecule has 0 saturated heterocycles. The van der Waals surface area contributed by atoms with Crippen LogP contribution in [0.15, 0.2) is 144 Å². The van der Waals surface area contributed by atoms with Gasteiger partial charge in [-0.1, -0.05) is 78.9 Å². The van der Waals surface area contributed by atoms with Crippen molar-refractivity contribution in [3.63, 3.8) is 0 Å². The summed E-state index contributed by atoms with van der Waals surface area (Å²) >= 11 is 1.26. The fourth-order valence-corrected chi connectivity index (χ4v) is 5.57. The predicted octanol–water partition coefficient (Wildman–Crippen LogP) is 7.72. The minimum atomic E-state index is -0.722. The second-order valence-corrected chi connectivity index (χ2v) is 11.2. The number of anilines is 2. The van der Waals surface area contributed by atoms with E-state index in [-0.39, 0.29) is 11.4 Å². The van der Waals surface area contributed by atoms with E-state index in [0.717, 1.165) is 5.56 Å². The molecule has 5 rings (SSSR count). The van der Waals surface area contributed by atoms with Crippen molar-refractivity contribution in [2.24, 2.45) is 0 Å². The molecule has 1 unspecified atom stereocenters. The zero-order chi connectivity index (χ0) is 32.3. The molecule has 0 aliphatic carbocycles. The Labute approximate surface area is 270 Å². The van der Waals surface area contributed by atoms with Crippen molar-refractivity contribution < 1.29 is 23.5 Å². The monoisotopic (exact) mass is 631 g/mol. The van der Waals surface area contributed by atoms with Gasteiger partial charge in [0.25, 0.3) is 11.8 Å². The van der Waals surface area contributed by atoms with E-state index in [2.05, 4.69) is 16.0 Å². The molecule has 0 spiro atoms. The zero-order valence-electron chi connectivity index (χ0n) is 24.8. The summed E-state index contributed by atoms with van der Waals surface area (Å²) in [5, 5.41) is 7.56. The van der Waals surface area contributed by atoms with Gasteiger partial charge in [0, 0.05) is 16.1 Å². The van der Waals surface area contributed by atoms with Crippen molar-refractivity contribution in [2.75, 3.05) is 17.7 Å². The van der Waals surface area contributed by atoms with E-state index >= 15 is 0 Å². The van der Waals surface area contributed by atoms with E-state index in [1.165, 1.54) is 23.9 Å². The Kier molecular flexibility index (Phi) is 10.6. The van der Waals surface area contributed by atoms with Gasteiger partial charge in [0.1, 0.15) is 22.5 Å². The molecule has 0 saturated carbocycles. The maximum absolute atomic E-state index is 14.3. The fourth-order valence-electron chi connectivity index (χ4n) is 4.48. The third kappa shape index (κ3) is 8.49. The summed E-state index contributed by atoms with van der Waals surface area (Å²) in [5.41, 5.74) is 2.32. The summed E-state index contributed by atoms with van der Waals surface area (Å²) in [5.74, 6) is -1.33. The molecule has 3 amide bonds. The Morgan fingerprint density at radius 3 is 2.20 bits per heavy atom. The first-order valence-electron chi connectivity index (χ1n) is 14.3. The molecule has 7 nitrogen and oxygen atoms in total. The Morgan fingerprint density at radius 1 is 0.761 bits per heavy atom. The van der Waals surface area contributed by atoms with E-state index < -0.39 is 28.8 Å². The van der Waals surface area contributed by atoms with Gasteiger partial charge in [-0.3, -0.25) is 14.4 Å². The molecule has 0 aromatic heterocycles. The van der Waals surface area contributed by atoms with Gasteiger partial charge >= 0.3 is 0 Å². The summed E-state index contributed by atoms with van der Waals surface area (Å²) in [6.45, 7) is 0. The number of para-hydroxylation sites is 1. The first-order chi connectivity index (χ1) is 22.4. The summed E-state index contributed by atoms with van der Waals surface area (Å²) in [6, 6.07) is 37.9. The first-order valence-corrected chi connectivity index (χ1v) is 15.2. The van der Waals surface area contributed by atoms with E-state index in [1.54, 1.807) is 98.1 Å². The third-order valence-corrected chi connectivity index (χ3v) is 8.00. The molecule has 9 heteroatoms. The van der Waals surface area contributed by atoms with Gasteiger partial charge in [-0.2, -0.15) is 0 Å². The lowest BCUT2D eigenvalue weighted by Crippen LogP contribution is -2.30. The highest BCUT2D eigenvalue weighted by Crippen LogP contribution is 2.37.